The monoisotopic (exact) mass is 386 g/mol. The number of carbonyl (C=O) groups excluding carboxylic acids is 1. The number of hydrogen-bond donors (Lipinski definition) is 1. The van der Waals surface area contributed by atoms with Crippen LogP contribution in [0.1, 0.15) is 42.1 Å². The van der Waals surface area contributed by atoms with Crippen LogP contribution in [0.25, 0.3) is 10.9 Å². The number of nitrogens with one attached hydrogen (secondary N) is 1. The second kappa shape index (κ2) is 8.39. The third-order valence-electron chi connectivity index (χ3n) is 5.70. The number of hydrogen-bond acceptors (Lipinski definition) is 2. The second-order valence-corrected chi connectivity index (χ2v) is 7.58. The molecule has 2 aromatic carbocycles. The fraction of sp³-hybridized carbons (Fsp3) is 0.240. The fourth-order valence-electron chi connectivity index (χ4n) is 4.08. The highest BCUT2D eigenvalue weighted by atomic mass is 16.3. The van der Waals surface area contributed by atoms with Gasteiger partial charge < -0.3 is 14.3 Å². The van der Waals surface area contributed by atoms with E-state index in [1.165, 1.54) is 22.0 Å². The molecule has 0 saturated heterocycles. The number of fused-ring (bicyclic) bond motifs is 1. The maximum absolute atomic E-state index is 12.8. The van der Waals surface area contributed by atoms with Gasteiger partial charge in [-0.1, -0.05) is 55.5 Å². The van der Waals surface area contributed by atoms with Crippen LogP contribution in [0.2, 0.25) is 0 Å². The van der Waals surface area contributed by atoms with Crippen molar-refractivity contribution in [2.24, 2.45) is 7.05 Å². The minimum Gasteiger partial charge on any atom is -0.467 e. The van der Waals surface area contributed by atoms with Crippen LogP contribution in [0.5, 0.6) is 0 Å². The van der Waals surface area contributed by atoms with Gasteiger partial charge in [-0.25, -0.2) is 0 Å². The molecule has 4 nitrogen and oxygen atoms in total. The smallest absolute Gasteiger partial charge is 0.221 e. The molecule has 0 saturated carbocycles. The van der Waals surface area contributed by atoms with Gasteiger partial charge in [0, 0.05) is 36.5 Å². The van der Waals surface area contributed by atoms with Crippen molar-refractivity contribution >= 4 is 16.8 Å². The van der Waals surface area contributed by atoms with Gasteiger partial charge in [0.05, 0.1) is 12.8 Å². The van der Waals surface area contributed by atoms with Crippen LogP contribution in [0.15, 0.2) is 83.6 Å². The zero-order valence-corrected chi connectivity index (χ0v) is 16.8. The Kier molecular flexibility index (Phi) is 5.52. The van der Waals surface area contributed by atoms with Crippen LogP contribution < -0.4 is 5.32 Å². The summed E-state index contributed by atoms with van der Waals surface area (Å²) in [7, 11) is 2.06. The number of rotatable bonds is 7. The SMILES string of the molecule is C[C@H](c1ccccc1)[C@@H](CC(=O)NCc1ccco1)c1cn(C)c2ccccc12. The lowest BCUT2D eigenvalue weighted by atomic mass is 9.80. The summed E-state index contributed by atoms with van der Waals surface area (Å²) in [5.41, 5.74) is 3.64. The van der Waals surface area contributed by atoms with Crippen LogP contribution in [-0.2, 0) is 18.4 Å². The van der Waals surface area contributed by atoms with E-state index in [1.807, 2.05) is 18.2 Å². The summed E-state index contributed by atoms with van der Waals surface area (Å²) < 4.78 is 7.48. The van der Waals surface area contributed by atoms with Crippen molar-refractivity contribution in [1.29, 1.82) is 0 Å². The van der Waals surface area contributed by atoms with Crippen LogP contribution >= 0.6 is 0 Å². The van der Waals surface area contributed by atoms with Gasteiger partial charge in [-0.3, -0.25) is 4.79 Å². The lowest BCUT2D eigenvalue weighted by Crippen LogP contribution is -2.26. The number of benzene rings is 2. The molecule has 0 aliphatic carbocycles. The molecule has 29 heavy (non-hydrogen) atoms. The predicted octanol–water partition coefficient (Wildman–Crippen LogP) is 5.37. The topological polar surface area (TPSA) is 47.2 Å². The molecule has 0 unspecified atom stereocenters. The average Bonchev–Trinajstić information content (AvgIpc) is 3.39. The lowest BCUT2D eigenvalue weighted by Gasteiger charge is -2.24. The van der Waals surface area contributed by atoms with Crippen LogP contribution in [0.4, 0.5) is 0 Å². The van der Waals surface area contributed by atoms with Gasteiger partial charge in [-0.2, -0.15) is 0 Å². The minimum atomic E-state index is 0.0297. The van der Waals surface area contributed by atoms with Gasteiger partial charge in [0.15, 0.2) is 0 Å². The Balaban J connectivity index is 1.64. The first-order valence-corrected chi connectivity index (χ1v) is 10.0. The van der Waals surface area contributed by atoms with Crippen molar-refractivity contribution in [1.82, 2.24) is 9.88 Å². The van der Waals surface area contributed by atoms with Gasteiger partial charge in [0.1, 0.15) is 5.76 Å². The Bertz CT molecular complexity index is 1080. The van der Waals surface area contributed by atoms with E-state index in [2.05, 4.69) is 78.6 Å². The molecule has 4 rings (SSSR count). The molecule has 0 radical (unpaired) electrons. The van der Waals surface area contributed by atoms with E-state index in [-0.39, 0.29) is 17.7 Å². The first-order valence-electron chi connectivity index (χ1n) is 10.0. The number of amides is 1. The molecule has 0 bridgehead atoms. The largest absolute Gasteiger partial charge is 0.467 e. The van der Waals surface area contributed by atoms with Crippen LogP contribution in [0.3, 0.4) is 0 Å². The van der Waals surface area contributed by atoms with Gasteiger partial charge >= 0.3 is 0 Å². The van der Waals surface area contributed by atoms with E-state index in [0.717, 1.165) is 5.76 Å². The molecule has 148 valence electrons. The normalized spacial score (nSPS) is 13.3. The Morgan fingerprint density at radius 2 is 1.79 bits per heavy atom. The molecule has 0 aliphatic rings. The molecule has 1 amide bonds. The van der Waals surface area contributed by atoms with Crippen molar-refractivity contribution < 1.29 is 9.21 Å². The number of aromatic nitrogens is 1. The average molecular weight is 386 g/mol. The Morgan fingerprint density at radius 3 is 2.55 bits per heavy atom. The highest BCUT2D eigenvalue weighted by Gasteiger charge is 2.26. The standard InChI is InChI=1S/C25H26N2O2/c1-18(19-9-4-3-5-10-19)22(15-25(28)26-16-20-11-8-14-29-20)23-17-27(2)24-13-7-6-12-21(23)24/h3-14,17-18,22H,15-16H2,1-2H3,(H,26,28)/t18-,22-/m1/s1. The molecular weight excluding hydrogens is 360 g/mol. The zero-order valence-electron chi connectivity index (χ0n) is 16.8. The first kappa shape index (κ1) is 19.1. The van der Waals surface area contributed by atoms with E-state index in [4.69, 9.17) is 4.42 Å². The van der Waals surface area contributed by atoms with E-state index >= 15 is 0 Å². The molecule has 2 heterocycles. The van der Waals surface area contributed by atoms with Gasteiger partial charge in [-0.15, -0.1) is 0 Å². The fourth-order valence-corrected chi connectivity index (χ4v) is 4.08. The summed E-state index contributed by atoms with van der Waals surface area (Å²) in [6.45, 7) is 2.62. The molecular formula is C25H26N2O2. The van der Waals surface area contributed by atoms with E-state index in [1.54, 1.807) is 6.26 Å². The maximum atomic E-state index is 12.8. The molecule has 2 atom stereocenters. The summed E-state index contributed by atoms with van der Waals surface area (Å²) >= 11 is 0. The molecule has 1 N–H and O–H groups in total. The number of para-hydroxylation sites is 1. The quantitative estimate of drug-likeness (QED) is 0.464. The third-order valence-corrected chi connectivity index (χ3v) is 5.70. The van der Waals surface area contributed by atoms with Crippen LogP contribution in [-0.4, -0.2) is 10.5 Å². The summed E-state index contributed by atoms with van der Waals surface area (Å²) in [4.78, 5) is 12.8. The minimum absolute atomic E-state index is 0.0297. The lowest BCUT2D eigenvalue weighted by molar-refractivity contribution is -0.121. The van der Waals surface area contributed by atoms with E-state index < -0.39 is 0 Å². The van der Waals surface area contributed by atoms with Gasteiger partial charge in [-0.05, 0) is 35.2 Å². The molecule has 0 fully saturated rings. The molecule has 2 aromatic heterocycles. The summed E-state index contributed by atoms with van der Waals surface area (Å²) in [6, 6.07) is 22.5. The second-order valence-electron chi connectivity index (χ2n) is 7.58. The summed E-state index contributed by atoms with van der Waals surface area (Å²) in [5, 5.41) is 4.22. The number of furan rings is 1. The van der Waals surface area contributed by atoms with Gasteiger partial charge in [0.2, 0.25) is 5.91 Å². The van der Waals surface area contributed by atoms with Crippen molar-refractivity contribution in [2.75, 3.05) is 0 Å². The number of nitrogens with zero attached hydrogens (tertiary/aromatic N) is 1. The molecule has 0 spiro atoms. The summed E-state index contributed by atoms with van der Waals surface area (Å²) in [6.07, 6.45) is 4.22. The first-order chi connectivity index (χ1) is 14.1. The Hall–Kier alpha value is -3.27. The van der Waals surface area contributed by atoms with Crippen molar-refractivity contribution in [3.8, 4) is 0 Å². The van der Waals surface area contributed by atoms with E-state index in [9.17, 15) is 4.79 Å². The predicted molar refractivity (Wildman–Crippen MR) is 116 cm³/mol. The van der Waals surface area contributed by atoms with Crippen molar-refractivity contribution in [3.05, 3.63) is 96.1 Å². The third kappa shape index (κ3) is 4.11. The molecule has 4 heteroatoms. The number of aryl methyl sites for hydroxylation is 1. The highest BCUT2D eigenvalue weighted by molar-refractivity contribution is 5.86. The van der Waals surface area contributed by atoms with Gasteiger partial charge in [0.25, 0.3) is 0 Å². The number of carbonyl (C=O) groups is 1. The maximum Gasteiger partial charge on any atom is 0.221 e. The summed E-state index contributed by atoms with van der Waals surface area (Å²) in [5.74, 6) is 1.06. The highest BCUT2D eigenvalue weighted by Crippen LogP contribution is 2.39. The molecule has 4 aromatic rings. The van der Waals surface area contributed by atoms with Crippen LogP contribution in [0, 0.1) is 0 Å². The van der Waals surface area contributed by atoms with Crippen molar-refractivity contribution in [2.45, 2.75) is 31.7 Å². The molecule has 0 aliphatic heterocycles. The zero-order chi connectivity index (χ0) is 20.2. The Morgan fingerprint density at radius 1 is 1.03 bits per heavy atom. The Labute approximate surface area is 171 Å². The van der Waals surface area contributed by atoms with Crippen molar-refractivity contribution in [3.63, 3.8) is 0 Å². The van der Waals surface area contributed by atoms with E-state index in [0.29, 0.717) is 13.0 Å².